The van der Waals surface area contributed by atoms with Gasteiger partial charge in [-0.05, 0) is 37.1 Å². The van der Waals surface area contributed by atoms with Gasteiger partial charge in [-0.2, -0.15) is 0 Å². The highest BCUT2D eigenvalue weighted by Crippen LogP contribution is 2.12. The number of carbonyl (C=O) groups is 2. The van der Waals surface area contributed by atoms with Crippen molar-refractivity contribution in [3.63, 3.8) is 0 Å². The van der Waals surface area contributed by atoms with Crippen LogP contribution in [0.1, 0.15) is 23.2 Å². The largest absolute Gasteiger partial charge is 0.376 e. The molecule has 26 heavy (non-hydrogen) atoms. The molecule has 0 spiro atoms. The van der Waals surface area contributed by atoms with E-state index < -0.39 is 16.1 Å². The molecule has 1 aliphatic heterocycles. The van der Waals surface area contributed by atoms with Gasteiger partial charge < -0.3 is 20.7 Å². The first-order chi connectivity index (χ1) is 12.3. The molecule has 1 atom stereocenters. The van der Waals surface area contributed by atoms with Gasteiger partial charge in [0.05, 0.1) is 12.4 Å². The third-order valence-corrected chi connectivity index (χ3v) is 4.42. The summed E-state index contributed by atoms with van der Waals surface area (Å²) in [6, 6.07) is 6.01. The van der Waals surface area contributed by atoms with Crippen LogP contribution in [-0.2, 0) is 14.8 Å². The summed E-state index contributed by atoms with van der Waals surface area (Å²) in [6.45, 7) is 1.49. The van der Waals surface area contributed by atoms with E-state index in [0.717, 1.165) is 25.7 Å². The smallest absolute Gasteiger partial charge is 0.319 e. The molecule has 0 bridgehead atoms. The van der Waals surface area contributed by atoms with Gasteiger partial charge in [0, 0.05) is 37.5 Å². The van der Waals surface area contributed by atoms with E-state index in [9.17, 15) is 18.0 Å². The van der Waals surface area contributed by atoms with Gasteiger partial charge in [0.2, 0.25) is 10.0 Å². The molecule has 1 aromatic rings. The molecule has 9 nitrogen and oxygen atoms in total. The Morgan fingerprint density at radius 1 is 1.15 bits per heavy atom. The first kappa shape index (κ1) is 20.1. The fourth-order valence-corrected chi connectivity index (χ4v) is 2.88. The fraction of sp³-hybridized carbons (Fsp3) is 0.500. The van der Waals surface area contributed by atoms with Gasteiger partial charge in [0.25, 0.3) is 5.91 Å². The first-order valence-corrected chi connectivity index (χ1v) is 10.2. The van der Waals surface area contributed by atoms with Crippen molar-refractivity contribution in [2.75, 3.05) is 37.8 Å². The Labute approximate surface area is 152 Å². The van der Waals surface area contributed by atoms with E-state index in [4.69, 9.17) is 4.74 Å². The molecule has 1 aromatic carbocycles. The summed E-state index contributed by atoms with van der Waals surface area (Å²) in [5.41, 5.74) is 1.01. The Morgan fingerprint density at radius 3 is 2.50 bits per heavy atom. The van der Waals surface area contributed by atoms with Crippen LogP contribution in [0.5, 0.6) is 0 Å². The Kier molecular flexibility index (Phi) is 7.37. The maximum absolute atomic E-state index is 12.1. The van der Waals surface area contributed by atoms with Gasteiger partial charge in [0.15, 0.2) is 0 Å². The summed E-state index contributed by atoms with van der Waals surface area (Å²) in [7, 11) is -3.27. The van der Waals surface area contributed by atoms with Crippen molar-refractivity contribution in [2.24, 2.45) is 0 Å². The summed E-state index contributed by atoms with van der Waals surface area (Å²) in [5, 5.41) is 7.95. The van der Waals surface area contributed by atoms with Crippen molar-refractivity contribution in [2.45, 2.75) is 18.9 Å². The molecule has 0 aliphatic carbocycles. The highest BCUT2D eigenvalue weighted by molar-refractivity contribution is 7.88. The van der Waals surface area contributed by atoms with E-state index in [2.05, 4.69) is 20.7 Å². The molecule has 144 valence electrons. The highest BCUT2D eigenvalue weighted by atomic mass is 32.2. The Morgan fingerprint density at radius 2 is 1.88 bits per heavy atom. The zero-order valence-corrected chi connectivity index (χ0v) is 15.4. The van der Waals surface area contributed by atoms with Crippen LogP contribution in [0.15, 0.2) is 24.3 Å². The molecule has 0 aromatic heterocycles. The monoisotopic (exact) mass is 384 g/mol. The number of nitrogens with one attached hydrogen (secondary N) is 4. The van der Waals surface area contributed by atoms with E-state index in [1.807, 2.05) is 0 Å². The predicted octanol–water partition coefficient (Wildman–Crippen LogP) is 0.266. The molecule has 1 aliphatic rings. The number of benzene rings is 1. The lowest BCUT2D eigenvalue weighted by molar-refractivity contribution is 0.0858. The second-order valence-electron chi connectivity index (χ2n) is 5.97. The molecular weight excluding hydrogens is 360 g/mol. The number of sulfonamides is 1. The number of urea groups is 1. The van der Waals surface area contributed by atoms with Crippen LogP contribution < -0.4 is 20.7 Å². The van der Waals surface area contributed by atoms with E-state index in [1.165, 1.54) is 0 Å². The van der Waals surface area contributed by atoms with Gasteiger partial charge in [-0.1, -0.05) is 0 Å². The van der Waals surface area contributed by atoms with Crippen LogP contribution in [-0.4, -0.2) is 59.0 Å². The quantitative estimate of drug-likeness (QED) is 0.479. The van der Waals surface area contributed by atoms with E-state index in [-0.39, 0.29) is 25.1 Å². The number of rotatable bonds is 8. The normalized spacial score (nSPS) is 16.9. The minimum atomic E-state index is -3.27. The van der Waals surface area contributed by atoms with Crippen LogP contribution in [0.3, 0.4) is 0 Å². The van der Waals surface area contributed by atoms with E-state index >= 15 is 0 Å². The Balaban J connectivity index is 1.72. The minimum absolute atomic E-state index is 0.0840. The number of amides is 3. The summed E-state index contributed by atoms with van der Waals surface area (Å²) in [6.07, 6.45) is 3.11. The van der Waals surface area contributed by atoms with Crippen molar-refractivity contribution in [3.05, 3.63) is 29.8 Å². The number of ether oxygens (including phenoxy) is 1. The van der Waals surface area contributed by atoms with E-state index in [0.29, 0.717) is 17.8 Å². The molecule has 10 heteroatoms. The van der Waals surface area contributed by atoms with Crippen molar-refractivity contribution >= 4 is 27.6 Å². The maximum atomic E-state index is 12.1. The zero-order chi connectivity index (χ0) is 19.0. The van der Waals surface area contributed by atoms with Crippen molar-refractivity contribution in [3.8, 4) is 0 Å². The second kappa shape index (κ2) is 9.51. The third kappa shape index (κ3) is 7.38. The predicted molar refractivity (Wildman–Crippen MR) is 97.6 cm³/mol. The number of anilines is 1. The Hall–Kier alpha value is -2.17. The SMILES string of the molecule is CS(=O)(=O)NCCNC(=O)Nc1ccc(C(=O)NCC2CCCO2)cc1. The molecule has 2 rings (SSSR count). The second-order valence-corrected chi connectivity index (χ2v) is 7.80. The molecule has 1 heterocycles. The van der Waals surface area contributed by atoms with E-state index in [1.54, 1.807) is 24.3 Å². The molecule has 0 radical (unpaired) electrons. The van der Waals surface area contributed by atoms with Crippen LogP contribution in [0.2, 0.25) is 0 Å². The summed E-state index contributed by atoms with van der Waals surface area (Å²) in [4.78, 5) is 23.8. The van der Waals surface area contributed by atoms with Gasteiger partial charge in [0.1, 0.15) is 0 Å². The third-order valence-electron chi connectivity index (χ3n) is 3.69. The van der Waals surface area contributed by atoms with Gasteiger partial charge in [-0.3, -0.25) is 4.79 Å². The Bertz CT molecular complexity index is 715. The van der Waals surface area contributed by atoms with Crippen molar-refractivity contribution < 1.29 is 22.7 Å². The average Bonchev–Trinajstić information content (AvgIpc) is 3.10. The van der Waals surface area contributed by atoms with Crippen LogP contribution in [0.4, 0.5) is 10.5 Å². The standard InChI is InChI=1S/C16H24N4O5S/c1-26(23,24)19-9-8-17-16(22)20-13-6-4-12(5-7-13)15(21)18-11-14-3-2-10-25-14/h4-7,14,19H,2-3,8-11H2,1H3,(H,18,21)(H2,17,20,22). The van der Waals surface area contributed by atoms with Crippen molar-refractivity contribution in [1.82, 2.24) is 15.4 Å². The molecule has 0 saturated carbocycles. The number of hydrogen-bond donors (Lipinski definition) is 4. The summed E-state index contributed by atoms with van der Waals surface area (Å²) >= 11 is 0. The van der Waals surface area contributed by atoms with Crippen LogP contribution in [0.25, 0.3) is 0 Å². The molecule has 1 unspecified atom stereocenters. The topological polar surface area (TPSA) is 126 Å². The minimum Gasteiger partial charge on any atom is -0.376 e. The van der Waals surface area contributed by atoms with Crippen LogP contribution >= 0.6 is 0 Å². The molecular formula is C16H24N4O5S. The van der Waals surface area contributed by atoms with Crippen molar-refractivity contribution in [1.29, 1.82) is 0 Å². The number of carbonyl (C=O) groups excluding carboxylic acids is 2. The molecule has 1 fully saturated rings. The van der Waals surface area contributed by atoms with Crippen LogP contribution in [0, 0.1) is 0 Å². The number of hydrogen-bond acceptors (Lipinski definition) is 5. The average molecular weight is 384 g/mol. The fourth-order valence-electron chi connectivity index (χ4n) is 2.41. The molecule has 4 N–H and O–H groups in total. The molecule has 1 saturated heterocycles. The lowest BCUT2D eigenvalue weighted by Crippen LogP contribution is -2.36. The lowest BCUT2D eigenvalue weighted by Gasteiger charge is -2.11. The summed E-state index contributed by atoms with van der Waals surface area (Å²) < 4.78 is 29.5. The maximum Gasteiger partial charge on any atom is 0.319 e. The summed E-state index contributed by atoms with van der Waals surface area (Å²) in [5.74, 6) is -0.191. The zero-order valence-electron chi connectivity index (χ0n) is 14.6. The lowest BCUT2D eigenvalue weighted by atomic mass is 10.2. The van der Waals surface area contributed by atoms with Gasteiger partial charge in [-0.25, -0.2) is 17.9 Å². The van der Waals surface area contributed by atoms with Gasteiger partial charge in [-0.15, -0.1) is 0 Å². The highest BCUT2D eigenvalue weighted by Gasteiger charge is 2.16. The van der Waals surface area contributed by atoms with Gasteiger partial charge >= 0.3 is 6.03 Å². The molecule has 3 amide bonds. The first-order valence-electron chi connectivity index (χ1n) is 8.33.